The largest absolute Gasteiger partial charge is 0.465 e. The van der Waals surface area contributed by atoms with E-state index in [1.54, 1.807) is 0 Å². The zero-order valence-electron chi connectivity index (χ0n) is 15.8. The highest BCUT2D eigenvalue weighted by atomic mass is 32.1. The molecule has 1 aliphatic rings. The van der Waals surface area contributed by atoms with Gasteiger partial charge in [0.05, 0.1) is 13.7 Å². The molecule has 0 aliphatic heterocycles. The van der Waals surface area contributed by atoms with Gasteiger partial charge in [0.1, 0.15) is 10.6 Å². The molecule has 6 heteroatoms. The number of esters is 1. The van der Waals surface area contributed by atoms with Gasteiger partial charge in [-0.25, -0.2) is 9.59 Å². The van der Waals surface area contributed by atoms with Crippen molar-refractivity contribution in [2.75, 3.05) is 19.0 Å². The van der Waals surface area contributed by atoms with Crippen LogP contribution < -0.4 is 5.32 Å². The van der Waals surface area contributed by atoms with Crippen molar-refractivity contribution in [2.45, 2.75) is 45.4 Å². The van der Waals surface area contributed by atoms with E-state index < -0.39 is 12.1 Å². The van der Waals surface area contributed by atoms with Gasteiger partial charge in [0.15, 0.2) is 0 Å². The van der Waals surface area contributed by atoms with Gasteiger partial charge in [-0.2, -0.15) is 0 Å². The van der Waals surface area contributed by atoms with E-state index in [9.17, 15) is 9.59 Å². The number of methoxy groups -OCH3 is 1. The molecule has 0 fully saturated rings. The Bertz CT molecular complexity index is 828. The lowest BCUT2D eigenvalue weighted by Gasteiger charge is -2.16. The molecule has 0 spiro atoms. The average Bonchev–Trinajstić information content (AvgIpc) is 3.10. The monoisotopic (exact) mass is 387 g/mol. The molecule has 1 N–H and O–H groups in total. The van der Waals surface area contributed by atoms with Crippen molar-refractivity contribution in [3.05, 3.63) is 40.3 Å². The quantitative estimate of drug-likeness (QED) is 0.530. The summed E-state index contributed by atoms with van der Waals surface area (Å²) in [7, 11) is 1.35. The molecule has 0 saturated heterocycles. The Hall–Kier alpha value is -2.34. The molecule has 1 amide bonds. The number of aryl methyl sites for hydroxylation is 2. The van der Waals surface area contributed by atoms with Crippen molar-refractivity contribution >= 4 is 28.4 Å². The van der Waals surface area contributed by atoms with E-state index in [-0.39, 0.29) is 0 Å². The molecule has 144 valence electrons. The molecule has 0 unspecified atom stereocenters. The summed E-state index contributed by atoms with van der Waals surface area (Å²) in [4.78, 5) is 24.4. The first kappa shape index (κ1) is 19.4. The Morgan fingerprint density at radius 1 is 1.19 bits per heavy atom. The Morgan fingerprint density at radius 3 is 2.70 bits per heavy atom. The fraction of sp³-hybridized carbons (Fsp3) is 0.429. The summed E-state index contributed by atoms with van der Waals surface area (Å²) in [5.74, 6) is -0.465. The van der Waals surface area contributed by atoms with Crippen LogP contribution in [0.2, 0.25) is 0 Å². The van der Waals surface area contributed by atoms with E-state index in [1.807, 2.05) is 18.4 Å². The van der Waals surface area contributed by atoms with E-state index in [4.69, 9.17) is 9.47 Å². The number of unbranched alkanes of at least 4 members (excludes halogenated alkanes) is 1. The molecule has 5 nitrogen and oxygen atoms in total. The van der Waals surface area contributed by atoms with E-state index in [0.29, 0.717) is 17.2 Å². The minimum Gasteiger partial charge on any atom is -0.465 e. The number of carbonyl (C=O) groups excluding carboxylic acids is 2. The molecule has 0 atom stereocenters. The third-order valence-corrected chi connectivity index (χ3v) is 5.68. The summed E-state index contributed by atoms with van der Waals surface area (Å²) in [5.41, 5.74) is 4.86. The fourth-order valence-electron chi connectivity index (χ4n) is 3.31. The minimum atomic E-state index is -0.549. The van der Waals surface area contributed by atoms with Crippen molar-refractivity contribution in [2.24, 2.45) is 0 Å². The van der Waals surface area contributed by atoms with Crippen molar-refractivity contribution in [1.82, 2.24) is 0 Å². The third kappa shape index (κ3) is 4.50. The molecular weight excluding hydrogens is 362 g/mol. The van der Waals surface area contributed by atoms with Crippen molar-refractivity contribution < 1.29 is 19.1 Å². The number of nitrogens with one attached hydrogen (secondary N) is 1. The lowest BCUT2D eigenvalue weighted by atomic mass is 9.89. The SMILES string of the molecule is CCCCOC(=O)Nc1scc(-c2ccc3c(c2)CCCC3)c1C(=O)OC. The Kier molecular flexibility index (Phi) is 6.50. The standard InChI is InChI=1S/C21H25NO4S/c1-3-4-11-26-21(24)22-19-18(20(23)25-2)17(13-27-19)16-10-9-14-7-5-6-8-15(14)12-16/h9-10,12-13H,3-8,11H2,1-2H3,(H,22,24). The molecule has 1 aromatic heterocycles. The van der Waals surface area contributed by atoms with Gasteiger partial charge < -0.3 is 9.47 Å². The number of anilines is 1. The topological polar surface area (TPSA) is 64.6 Å². The van der Waals surface area contributed by atoms with E-state index >= 15 is 0 Å². The van der Waals surface area contributed by atoms with E-state index in [1.165, 1.54) is 42.4 Å². The number of hydrogen-bond donors (Lipinski definition) is 1. The Morgan fingerprint density at radius 2 is 1.96 bits per heavy atom. The summed E-state index contributed by atoms with van der Waals surface area (Å²) in [6.45, 7) is 2.39. The van der Waals surface area contributed by atoms with Crippen LogP contribution in [0, 0.1) is 0 Å². The second kappa shape index (κ2) is 9.04. The summed E-state index contributed by atoms with van der Waals surface area (Å²) < 4.78 is 10.1. The van der Waals surface area contributed by atoms with Crippen LogP contribution in [-0.2, 0) is 22.3 Å². The minimum absolute atomic E-state index is 0.360. The number of fused-ring (bicyclic) bond motifs is 1. The van der Waals surface area contributed by atoms with E-state index in [2.05, 4.69) is 17.4 Å². The molecule has 27 heavy (non-hydrogen) atoms. The molecule has 2 aromatic rings. The van der Waals surface area contributed by atoms with Crippen LogP contribution in [0.1, 0.15) is 54.1 Å². The van der Waals surface area contributed by atoms with Gasteiger partial charge in [-0.05, 0) is 48.8 Å². The normalized spacial score (nSPS) is 13.0. The zero-order chi connectivity index (χ0) is 19.2. The highest BCUT2D eigenvalue weighted by molar-refractivity contribution is 7.15. The summed E-state index contributed by atoms with van der Waals surface area (Å²) in [6.07, 6.45) is 5.80. The number of carbonyl (C=O) groups is 2. The maximum atomic E-state index is 12.4. The van der Waals surface area contributed by atoms with Crippen molar-refractivity contribution in [3.8, 4) is 11.1 Å². The van der Waals surface area contributed by atoms with Crippen molar-refractivity contribution in [3.63, 3.8) is 0 Å². The highest BCUT2D eigenvalue weighted by Crippen LogP contribution is 2.37. The maximum Gasteiger partial charge on any atom is 0.412 e. The second-order valence-electron chi connectivity index (χ2n) is 6.65. The van der Waals surface area contributed by atoms with Gasteiger partial charge in [-0.1, -0.05) is 31.5 Å². The lowest BCUT2D eigenvalue weighted by Crippen LogP contribution is -2.16. The molecular formula is C21H25NO4S. The van der Waals surface area contributed by atoms with Crippen LogP contribution in [0.5, 0.6) is 0 Å². The predicted octanol–water partition coefficient (Wildman–Crippen LogP) is 5.43. The lowest BCUT2D eigenvalue weighted by molar-refractivity contribution is 0.0603. The Balaban J connectivity index is 1.88. The molecule has 1 heterocycles. The molecule has 0 bridgehead atoms. The first-order chi connectivity index (χ1) is 13.1. The second-order valence-corrected chi connectivity index (χ2v) is 7.53. The molecule has 3 rings (SSSR count). The third-order valence-electron chi connectivity index (χ3n) is 4.79. The van der Waals surface area contributed by atoms with Crippen molar-refractivity contribution in [1.29, 1.82) is 0 Å². The number of ether oxygens (including phenoxy) is 2. The summed E-state index contributed by atoms with van der Waals surface area (Å²) >= 11 is 1.31. The van der Waals surface area contributed by atoms with Gasteiger partial charge in [0.2, 0.25) is 0 Å². The first-order valence-corrected chi connectivity index (χ1v) is 10.3. The van der Waals surface area contributed by atoms with Gasteiger partial charge in [0, 0.05) is 10.9 Å². The first-order valence-electron chi connectivity index (χ1n) is 9.39. The van der Waals surface area contributed by atoms with Crippen LogP contribution in [-0.4, -0.2) is 25.8 Å². The van der Waals surface area contributed by atoms with Gasteiger partial charge >= 0.3 is 12.1 Å². The number of amides is 1. The molecule has 0 saturated carbocycles. The molecule has 1 aromatic carbocycles. The van der Waals surface area contributed by atoms with Gasteiger partial charge in [0.25, 0.3) is 0 Å². The van der Waals surface area contributed by atoms with Crippen LogP contribution in [0.4, 0.5) is 9.80 Å². The predicted molar refractivity (Wildman–Crippen MR) is 108 cm³/mol. The molecule has 0 radical (unpaired) electrons. The Labute approximate surface area is 163 Å². The van der Waals surface area contributed by atoms with Gasteiger partial charge in [-0.15, -0.1) is 11.3 Å². The maximum absolute atomic E-state index is 12.4. The smallest absolute Gasteiger partial charge is 0.412 e. The number of benzene rings is 1. The molecule has 1 aliphatic carbocycles. The average molecular weight is 388 g/mol. The van der Waals surface area contributed by atoms with Gasteiger partial charge in [-0.3, -0.25) is 5.32 Å². The number of thiophene rings is 1. The fourth-order valence-corrected chi connectivity index (χ4v) is 4.25. The van der Waals surface area contributed by atoms with Crippen LogP contribution in [0.3, 0.4) is 0 Å². The zero-order valence-corrected chi connectivity index (χ0v) is 16.6. The number of rotatable bonds is 6. The highest BCUT2D eigenvalue weighted by Gasteiger charge is 2.23. The van der Waals surface area contributed by atoms with Crippen LogP contribution in [0.15, 0.2) is 23.6 Å². The van der Waals surface area contributed by atoms with E-state index in [0.717, 1.165) is 36.8 Å². The van der Waals surface area contributed by atoms with Crippen LogP contribution in [0.25, 0.3) is 11.1 Å². The summed E-state index contributed by atoms with van der Waals surface area (Å²) in [6, 6.07) is 6.35. The number of hydrogen-bond acceptors (Lipinski definition) is 5. The van der Waals surface area contributed by atoms with Crippen LogP contribution >= 0.6 is 11.3 Å². The summed E-state index contributed by atoms with van der Waals surface area (Å²) in [5, 5.41) is 5.04.